The molecule has 282 valence electrons. The van der Waals surface area contributed by atoms with Crippen molar-refractivity contribution in [2.24, 2.45) is 0 Å². The van der Waals surface area contributed by atoms with Gasteiger partial charge < -0.3 is 64.5 Å². The fraction of sp³-hybridized carbons (Fsp3) is 0.912. The van der Waals surface area contributed by atoms with Crippen molar-refractivity contribution < 1.29 is 69.3 Å². The molecular formula is C34H62O14. The summed E-state index contributed by atoms with van der Waals surface area (Å²) < 4.78 is 26.6. The predicted molar refractivity (Wildman–Crippen MR) is 173 cm³/mol. The van der Waals surface area contributed by atoms with Crippen LogP contribution in [0.2, 0.25) is 0 Å². The molecule has 11 atom stereocenters. The van der Waals surface area contributed by atoms with Crippen LogP contribution in [0.3, 0.4) is 0 Å². The molecular weight excluding hydrogens is 632 g/mol. The number of carbonyl (C=O) groups is 1. The Morgan fingerprint density at radius 1 is 0.646 bits per heavy atom. The first-order valence-corrected chi connectivity index (χ1v) is 17.8. The lowest BCUT2D eigenvalue weighted by Gasteiger charge is -2.42. The molecule has 0 bridgehead atoms. The van der Waals surface area contributed by atoms with Gasteiger partial charge in [-0.1, -0.05) is 76.9 Å². The smallest absolute Gasteiger partial charge is 0.305 e. The molecule has 0 saturated carbocycles. The molecule has 0 aromatic heterocycles. The van der Waals surface area contributed by atoms with Gasteiger partial charge in [0.1, 0.15) is 61.5 Å². The summed E-state index contributed by atoms with van der Waals surface area (Å²) in [7, 11) is 0. The van der Waals surface area contributed by atoms with Gasteiger partial charge in [0.25, 0.3) is 0 Å². The maximum absolute atomic E-state index is 12.1. The van der Waals surface area contributed by atoms with Crippen LogP contribution in [0.1, 0.15) is 103 Å². The molecule has 2 fully saturated rings. The number of allylic oxidation sites excluding steroid dienone is 2. The molecule has 0 aromatic rings. The molecule has 0 radical (unpaired) electrons. The number of hydrogen-bond donors (Lipinski definition) is 8. The zero-order valence-electron chi connectivity index (χ0n) is 28.5. The number of esters is 1. The van der Waals surface area contributed by atoms with Crippen LogP contribution < -0.4 is 0 Å². The Bertz CT molecular complexity index is 860. The second kappa shape index (κ2) is 24.8. The van der Waals surface area contributed by atoms with E-state index in [-0.39, 0.29) is 13.0 Å². The minimum atomic E-state index is -1.72. The molecule has 14 heteroatoms. The lowest BCUT2D eigenvalue weighted by atomic mass is 9.98. The van der Waals surface area contributed by atoms with Crippen LogP contribution in [0.15, 0.2) is 12.2 Å². The predicted octanol–water partition coefficient (Wildman–Crippen LogP) is 0.959. The van der Waals surface area contributed by atoms with Crippen LogP contribution in [0.25, 0.3) is 0 Å². The molecule has 2 aliphatic rings. The standard InChI is InChI=1S/C34H62O14/c1-2-3-4-5-6-7-8-9-10-11-12-13-14-15-16-17-18-26(37)44-20-23(36)21-45-33-32(43)30(41)28(39)25(48-33)22-46-34-31(42)29(40)27(38)24(19-35)47-34/h9-10,23-25,27-36,38-43H,2-8,11-22H2,1H3/b10-9-/t23-,24+,25+,27+,28+,29-,30-,31+,32+,33+,34+/m0/s1. The van der Waals surface area contributed by atoms with E-state index in [4.69, 9.17) is 23.7 Å². The van der Waals surface area contributed by atoms with Crippen molar-refractivity contribution >= 4 is 5.97 Å². The second-order valence-electron chi connectivity index (χ2n) is 12.9. The van der Waals surface area contributed by atoms with E-state index < -0.39 is 93.3 Å². The van der Waals surface area contributed by atoms with Crippen molar-refractivity contribution in [2.75, 3.05) is 26.4 Å². The highest BCUT2D eigenvalue weighted by Gasteiger charge is 2.47. The molecule has 2 saturated heterocycles. The Labute approximate surface area is 284 Å². The van der Waals surface area contributed by atoms with E-state index in [2.05, 4.69) is 19.1 Å². The first-order valence-electron chi connectivity index (χ1n) is 17.8. The zero-order valence-corrected chi connectivity index (χ0v) is 28.5. The van der Waals surface area contributed by atoms with Crippen molar-refractivity contribution in [1.29, 1.82) is 0 Å². The van der Waals surface area contributed by atoms with Crippen molar-refractivity contribution in [2.45, 2.75) is 171 Å². The van der Waals surface area contributed by atoms with Crippen molar-refractivity contribution in [1.82, 2.24) is 0 Å². The minimum Gasteiger partial charge on any atom is -0.463 e. The van der Waals surface area contributed by atoms with Gasteiger partial charge in [-0.2, -0.15) is 0 Å². The van der Waals surface area contributed by atoms with E-state index in [1.54, 1.807) is 0 Å². The molecule has 0 aliphatic carbocycles. The number of aliphatic hydroxyl groups excluding tert-OH is 8. The molecule has 0 aromatic carbocycles. The third kappa shape index (κ3) is 15.7. The molecule has 8 N–H and O–H groups in total. The number of rotatable bonds is 25. The first-order chi connectivity index (χ1) is 23.1. The maximum Gasteiger partial charge on any atom is 0.305 e. The quantitative estimate of drug-likeness (QED) is 0.0379. The average Bonchev–Trinajstić information content (AvgIpc) is 3.08. The summed E-state index contributed by atoms with van der Waals surface area (Å²) in [5.41, 5.74) is 0. The maximum atomic E-state index is 12.1. The largest absolute Gasteiger partial charge is 0.463 e. The summed E-state index contributed by atoms with van der Waals surface area (Å²) in [6.45, 7) is 0.295. The van der Waals surface area contributed by atoms with Crippen molar-refractivity contribution in [3.05, 3.63) is 12.2 Å². The molecule has 2 heterocycles. The third-order valence-corrected chi connectivity index (χ3v) is 8.72. The Hall–Kier alpha value is -1.27. The van der Waals surface area contributed by atoms with Gasteiger partial charge in [-0.05, 0) is 32.1 Å². The fourth-order valence-electron chi connectivity index (χ4n) is 5.62. The fourth-order valence-corrected chi connectivity index (χ4v) is 5.62. The van der Waals surface area contributed by atoms with Crippen LogP contribution >= 0.6 is 0 Å². The minimum absolute atomic E-state index is 0.236. The molecule has 2 aliphatic heterocycles. The van der Waals surface area contributed by atoms with E-state index in [1.165, 1.54) is 57.8 Å². The van der Waals surface area contributed by atoms with Gasteiger partial charge in [0.05, 0.1) is 19.8 Å². The Morgan fingerprint density at radius 2 is 1.15 bits per heavy atom. The first kappa shape index (κ1) is 42.9. The number of ether oxygens (including phenoxy) is 5. The van der Waals surface area contributed by atoms with Crippen LogP contribution in [-0.4, -0.2) is 141 Å². The number of hydrogen-bond acceptors (Lipinski definition) is 14. The summed E-state index contributed by atoms with van der Waals surface area (Å²) in [6.07, 6.45) is 4.41. The lowest BCUT2D eigenvalue weighted by Crippen LogP contribution is -2.61. The molecule has 48 heavy (non-hydrogen) atoms. The molecule has 0 unspecified atom stereocenters. The lowest BCUT2D eigenvalue weighted by molar-refractivity contribution is -0.332. The second-order valence-corrected chi connectivity index (χ2v) is 12.9. The average molecular weight is 695 g/mol. The van der Waals surface area contributed by atoms with Gasteiger partial charge in [0.2, 0.25) is 0 Å². The zero-order chi connectivity index (χ0) is 35.3. The van der Waals surface area contributed by atoms with E-state index in [0.717, 1.165) is 25.7 Å². The van der Waals surface area contributed by atoms with Gasteiger partial charge in [-0.25, -0.2) is 0 Å². The van der Waals surface area contributed by atoms with Crippen LogP contribution in [0.4, 0.5) is 0 Å². The van der Waals surface area contributed by atoms with E-state index in [1.807, 2.05) is 0 Å². The monoisotopic (exact) mass is 694 g/mol. The highest BCUT2D eigenvalue weighted by molar-refractivity contribution is 5.69. The molecule has 2 rings (SSSR count). The van der Waals surface area contributed by atoms with E-state index >= 15 is 0 Å². The normalized spacial score (nSPS) is 31.7. The molecule has 14 nitrogen and oxygen atoms in total. The van der Waals surface area contributed by atoms with Crippen LogP contribution in [-0.2, 0) is 28.5 Å². The SMILES string of the molecule is CCCCCCCC/C=C\CCCCCCCCC(=O)OC[C@H](O)CO[C@@H]1O[C@H](CO[C@@H]2O[C@H](CO)[C@@H](O)[C@H](O)[C@H]2O)[C@@H](O)[C@H](O)[C@H]1O. The highest BCUT2D eigenvalue weighted by atomic mass is 16.7. The van der Waals surface area contributed by atoms with Crippen LogP contribution in [0.5, 0.6) is 0 Å². The summed E-state index contributed by atoms with van der Waals surface area (Å²) in [6, 6.07) is 0. The Morgan fingerprint density at radius 3 is 1.73 bits per heavy atom. The highest BCUT2D eigenvalue weighted by Crippen LogP contribution is 2.26. The third-order valence-electron chi connectivity index (χ3n) is 8.72. The van der Waals surface area contributed by atoms with Gasteiger partial charge in [0, 0.05) is 6.42 Å². The van der Waals surface area contributed by atoms with Gasteiger partial charge in [-0.15, -0.1) is 0 Å². The van der Waals surface area contributed by atoms with E-state index in [9.17, 15) is 45.6 Å². The summed E-state index contributed by atoms with van der Waals surface area (Å²) in [4.78, 5) is 12.1. The Balaban J connectivity index is 1.55. The summed E-state index contributed by atoms with van der Waals surface area (Å²) in [5, 5.41) is 80.4. The van der Waals surface area contributed by atoms with Gasteiger partial charge in [-0.3, -0.25) is 4.79 Å². The van der Waals surface area contributed by atoms with Gasteiger partial charge >= 0.3 is 5.97 Å². The number of aliphatic hydroxyl groups is 8. The summed E-state index contributed by atoms with van der Waals surface area (Å²) in [5.74, 6) is -0.442. The molecule has 0 amide bonds. The topological polar surface area (TPSA) is 225 Å². The van der Waals surface area contributed by atoms with E-state index in [0.29, 0.717) is 6.42 Å². The van der Waals surface area contributed by atoms with Crippen molar-refractivity contribution in [3.63, 3.8) is 0 Å². The number of carbonyl (C=O) groups excluding carboxylic acids is 1. The molecule has 0 spiro atoms. The number of unbranched alkanes of at least 4 members (excludes halogenated alkanes) is 12. The Kier molecular flexibility index (Phi) is 22.2. The van der Waals surface area contributed by atoms with Crippen molar-refractivity contribution in [3.8, 4) is 0 Å². The summed E-state index contributed by atoms with van der Waals surface area (Å²) >= 11 is 0. The van der Waals surface area contributed by atoms with Crippen LogP contribution in [0, 0.1) is 0 Å². The van der Waals surface area contributed by atoms with Gasteiger partial charge in [0.15, 0.2) is 12.6 Å².